The standard InChI is InChI=1S/C64H115NO10/c1-3-5-7-9-11-13-15-16-29-32-36-40-44-48-52-60(69)73-53-49-45-41-37-33-30-27-25-23-21-19-17-18-20-22-24-26-28-31-35-39-43-47-51-59(68)65-56(55-74-64-63(72)62(71)61(70)58(54-66)75-64)57(67)50-46-42-38-34-14-12-10-8-6-4-2/h6,8,14,17,19-20,22,34,46,50,56-58,61-64,66-67,70-72H,3-5,7,9-13,15-16,18,21,23-33,35-45,47-49,51-55H2,1-2H3,(H,65,68)/b8-6+,19-17-,22-20-,34-14+,50-46+. The number of hydrogen-bond acceptors (Lipinski definition) is 10. The molecule has 1 amide bonds. The fourth-order valence-electron chi connectivity index (χ4n) is 9.45. The molecule has 1 fully saturated rings. The fourth-order valence-corrected chi connectivity index (χ4v) is 9.45. The zero-order valence-corrected chi connectivity index (χ0v) is 48.0. The number of esters is 1. The molecule has 0 aromatic heterocycles. The van der Waals surface area contributed by atoms with E-state index < -0.39 is 49.5 Å². The van der Waals surface area contributed by atoms with Crippen molar-refractivity contribution in [3.05, 3.63) is 60.8 Å². The molecular weight excluding hydrogens is 943 g/mol. The lowest BCUT2D eigenvalue weighted by atomic mass is 9.99. The van der Waals surface area contributed by atoms with Gasteiger partial charge >= 0.3 is 5.97 Å². The van der Waals surface area contributed by atoms with Crippen LogP contribution in [0, 0.1) is 0 Å². The Morgan fingerprint density at radius 3 is 1.45 bits per heavy atom. The van der Waals surface area contributed by atoms with Crippen LogP contribution in [-0.2, 0) is 23.8 Å². The summed E-state index contributed by atoms with van der Waals surface area (Å²) >= 11 is 0. The summed E-state index contributed by atoms with van der Waals surface area (Å²) in [5, 5.41) is 54.2. The third-order valence-electron chi connectivity index (χ3n) is 14.3. The Labute approximate surface area is 458 Å². The molecule has 0 aromatic rings. The Hall–Kier alpha value is -2.64. The van der Waals surface area contributed by atoms with E-state index in [1.54, 1.807) is 6.08 Å². The molecule has 11 nitrogen and oxygen atoms in total. The molecule has 0 radical (unpaired) electrons. The number of rotatable bonds is 53. The maximum atomic E-state index is 13.0. The monoisotopic (exact) mass is 1060 g/mol. The van der Waals surface area contributed by atoms with Gasteiger partial charge in [-0.15, -0.1) is 0 Å². The smallest absolute Gasteiger partial charge is 0.305 e. The molecule has 6 N–H and O–H groups in total. The lowest BCUT2D eigenvalue weighted by molar-refractivity contribution is -0.302. The molecule has 1 rings (SSSR count). The quantitative estimate of drug-likeness (QED) is 0.0195. The maximum Gasteiger partial charge on any atom is 0.305 e. The van der Waals surface area contributed by atoms with Crippen molar-refractivity contribution in [2.24, 2.45) is 0 Å². The molecule has 7 atom stereocenters. The van der Waals surface area contributed by atoms with Crippen molar-refractivity contribution >= 4 is 11.9 Å². The van der Waals surface area contributed by atoms with Crippen molar-refractivity contribution in [3.8, 4) is 0 Å². The molecule has 1 aliphatic rings. The summed E-state index contributed by atoms with van der Waals surface area (Å²) in [5.74, 6) is -0.214. The number of carbonyl (C=O) groups is 2. The summed E-state index contributed by atoms with van der Waals surface area (Å²) in [7, 11) is 0. The highest BCUT2D eigenvalue weighted by Crippen LogP contribution is 2.23. The summed E-state index contributed by atoms with van der Waals surface area (Å²) in [5.41, 5.74) is 0. The van der Waals surface area contributed by atoms with E-state index in [2.05, 4.69) is 67.8 Å². The van der Waals surface area contributed by atoms with Gasteiger partial charge in [-0.1, -0.05) is 235 Å². The van der Waals surface area contributed by atoms with E-state index in [-0.39, 0.29) is 18.5 Å². The molecule has 1 aliphatic heterocycles. The molecule has 1 saturated heterocycles. The van der Waals surface area contributed by atoms with E-state index in [1.165, 1.54) is 141 Å². The topological polar surface area (TPSA) is 175 Å². The minimum Gasteiger partial charge on any atom is -0.466 e. The van der Waals surface area contributed by atoms with Gasteiger partial charge in [-0.25, -0.2) is 0 Å². The normalized spacial score (nSPS) is 19.2. The second-order valence-electron chi connectivity index (χ2n) is 21.4. The average molecular weight is 1060 g/mol. The summed E-state index contributed by atoms with van der Waals surface area (Å²) in [6.07, 6.45) is 59.1. The van der Waals surface area contributed by atoms with Crippen molar-refractivity contribution in [1.82, 2.24) is 5.32 Å². The molecular formula is C64H115NO10. The van der Waals surface area contributed by atoms with Gasteiger partial charge in [0.25, 0.3) is 0 Å². The van der Waals surface area contributed by atoms with E-state index in [1.807, 2.05) is 6.08 Å². The molecule has 436 valence electrons. The SMILES string of the molecule is CC/C=C/CC/C=C/CC/C=C/C(O)C(COC1OC(CO)C(O)C(O)C1O)NC(=O)CCCCCCCCC/C=C\C/C=C\CCCCCCCCCCCOC(=O)CCCCCCCCCCCCCCCC. The number of amides is 1. The van der Waals surface area contributed by atoms with Crippen molar-refractivity contribution < 1.29 is 49.3 Å². The molecule has 0 bridgehead atoms. The summed E-state index contributed by atoms with van der Waals surface area (Å²) in [6, 6.07) is -0.842. The number of allylic oxidation sites excluding steroid dienone is 9. The van der Waals surface area contributed by atoms with Gasteiger partial charge in [0, 0.05) is 12.8 Å². The fraction of sp³-hybridized carbons (Fsp3) is 0.812. The van der Waals surface area contributed by atoms with E-state index in [0.717, 1.165) is 96.3 Å². The molecule has 0 aliphatic carbocycles. The summed E-state index contributed by atoms with van der Waals surface area (Å²) < 4.78 is 16.7. The largest absolute Gasteiger partial charge is 0.466 e. The Morgan fingerprint density at radius 1 is 0.507 bits per heavy atom. The van der Waals surface area contributed by atoms with Crippen LogP contribution in [0.4, 0.5) is 0 Å². The molecule has 0 saturated carbocycles. The van der Waals surface area contributed by atoms with Crippen LogP contribution in [0.15, 0.2) is 60.8 Å². The van der Waals surface area contributed by atoms with E-state index in [0.29, 0.717) is 25.9 Å². The second kappa shape index (κ2) is 53.4. The van der Waals surface area contributed by atoms with Gasteiger partial charge < -0.3 is 45.1 Å². The van der Waals surface area contributed by atoms with Gasteiger partial charge in [0.1, 0.15) is 24.4 Å². The van der Waals surface area contributed by atoms with Gasteiger partial charge in [0.2, 0.25) is 5.91 Å². The highest BCUT2D eigenvalue weighted by molar-refractivity contribution is 5.76. The van der Waals surface area contributed by atoms with Crippen molar-refractivity contribution in [1.29, 1.82) is 0 Å². The van der Waals surface area contributed by atoms with E-state index >= 15 is 0 Å². The Bertz CT molecular complexity index is 1430. The second-order valence-corrected chi connectivity index (χ2v) is 21.4. The minimum absolute atomic E-state index is 0.00390. The Morgan fingerprint density at radius 2 is 0.947 bits per heavy atom. The van der Waals surface area contributed by atoms with Gasteiger partial charge in [0.15, 0.2) is 6.29 Å². The van der Waals surface area contributed by atoms with Gasteiger partial charge in [-0.3, -0.25) is 9.59 Å². The number of aliphatic hydroxyl groups excluding tert-OH is 5. The average Bonchev–Trinajstić information content (AvgIpc) is 3.41. The molecule has 7 unspecified atom stereocenters. The lowest BCUT2D eigenvalue weighted by Crippen LogP contribution is -2.60. The van der Waals surface area contributed by atoms with E-state index in [9.17, 15) is 35.1 Å². The first-order valence-electron chi connectivity index (χ1n) is 31.1. The zero-order valence-electron chi connectivity index (χ0n) is 48.0. The summed E-state index contributed by atoms with van der Waals surface area (Å²) in [6.45, 7) is 4.19. The molecule has 0 aromatic carbocycles. The van der Waals surface area contributed by atoms with Crippen LogP contribution in [0.5, 0.6) is 0 Å². The van der Waals surface area contributed by atoms with Crippen LogP contribution in [0.1, 0.15) is 271 Å². The first-order chi connectivity index (χ1) is 36.7. The van der Waals surface area contributed by atoms with Crippen LogP contribution >= 0.6 is 0 Å². The van der Waals surface area contributed by atoms with Crippen molar-refractivity contribution in [3.63, 3.8) is 0 Å². The molecule has 11 heteroatoms. The maximum absolute atomic E-state index is 13.0. The number of carbonyl (C=O) groups excluding carboxylic acids is 2. The minimum atomic E-state index is -1.58. The molecule has 0 spiro atoms. The highest BCUT2D eigenvalue weighted by Gasteiger charge is 2.44. The number of unbranched alkanes of at least 4 members (excludes halogenated alkanes) is 31. The molecule has 1 heterocycles. The Kier molecular flexibility index (Phi) is 50.1. The third kappa shape index (κ3) is 43.0. The third-order valence-corrected chi connectivity index (χ3v) is 14.3. The van der Waals surface area contributed by atoms with Crippen LogP contribution in [-0.4, -0.2) is 100 Å². The number of hydrogen-bond donors (Lipinski definition) is 6. The highest BCUT2D eigenvalue weighted by atomic mass is 16.7. The first kappa shape index (κ1) is 70.4. The predicted octanol–water partition coefficient (Wildman–Crippen LogP) is 14.6. The van der Waals surface area contributed by atoms with Crippen molar-refractivity contribution in [2.75, 3.05) is 19.8 Å². The van der Waals surface area contributed by atoms with E-state index in [4.69, 9.17) is 14.2 Å². The van der Waals surface area contributed by atoms with Crippen LogP contribution in [0.3, 0.4) is 0 Å². The number of aliphatic hydroxyl groups is 5. The summed E-state index contributed by atoms with van der Waals surface area (Å²) in [4.78, 5) is 25.1. The Balaban J connectivity index is 2.03. The zero-order chi connectivity index (χ0) is 54.5. The molecule has 75 heavy (non-hydrogen) atoms. The lowest BCUT2D eigenvalue weighted by Gasteiger charge is -2.40. The van der Waals surface area contributed by atoms with Crippen LogP contribution < -0.4 is 5.32 Å². The van der Waals surface area contributed by atoms with Gasteiger partial charge in [-0.05, 0) is 83.5 Å². The van der Waals surface area contributed by atoms with Gasteiger partial charge in [-0.2, -0.15) is 0 Å². The number of nitrogens with one attached hydrogen (secondary N) is 1. The van der Waals surface area contributed by atoms with Crippen LogP contribution in [0.25, 0.3) is 0 Å². The van der Waals surface area contributed by atoms with Gasteiger partial charge in [0.05, 0.1) is 32.0 Å². The van der Waals surface area contributed by atoms with Crippen LogP contribution in [0.2, 0.25) is 0 Å². The number of ether oxygens (including phenoxy) is 3. The predicted molar refractivity (Wildman–Crippen MR) is 310 cm³/mol. The van der Waals surface area contributed by atoms with Crippen molar-refractivity contribution in [2.45, 2.75) is 314 Å². The first-order valence-corrected chi connectivity index (χ1v) is 31.1.